The maximum Gasteiger partial charge on any atom is 0.229 e. The molecule has 0 radical (unpaired) electrons. The molecule has 1 aromatic heterocycles. The van der Waals surface area contributed by atoms with Crippen molar-refractivity contribution in [1.29, 1.82) is 5.26 Å². The van der Waals surface area contributed by atoms with Crippen LogP contribution in [0.5, 0.6) is 0 Å². The van der Waals surface area contributed by atoms with Crippen LogP contribution < -0.4 is 0 Å². The predicted octanol–water partition coefficient (Wildman–Crippen LogP) is 2.33. The molecule has 2 rings (SSSR count). The normalized spacial score (nSPS) is 27.2. The van der Waals surface area contributed by atoms with Crippen LogP contribution in [-0.2, 0) is 16.8 Å². The second-order valence-electron chi connectivity index (χ2n) is 5.84. The number of nitrogens with zero attached hydrogens (tertiary/aromatic N) is 3. The van der Waals surface area contributed by atoms with Gasteiger partial charge in [-0.1, -0.05) is 12.1 Å². The monoisotopic (exact) mass is 293 g/mol. The third kappa shape index (κ3) is 3.80. The maximum atomic E-state index is 9.64. The van der Waals surface area contributed by atoms with Gasteiger partial charge in [-0.2, -0.15) is 10.2 Å². The Bertz CT molecular complexity index is 487. The number of nitriles is 1. The van der Waals surface area contributed by atoms with Crippen molar-refractivity contribution < 1.29 is 14.4 Å². The first-order valence-electron chi connectivity index (χ1n) is 7.61. The van der Waals surface area contributed by atoms with Gasteiger partial charge < -0.3 is 14.4 Å². The van der Waals surface area contributed by atoms with Crippen molar-refractivity contribution >= 4 is 0 Å². The van der Waals surface area contributed by atoms with Gasteiger partial charge in [0.2, 0.25) is 11.7 Å². The molecule has 1 aliphatic rings. The molecule has 0 saturated heterocycles. The van der Waals surface area contributed by atoms with Gasteiger partial charge in [-0.3, -0.25) is 0 Å². The molecule has 0 bridgehead atoms. The number of ether oxygens (including phenoxy) is 1. The Labute approximate surface area is 125 Å². The Morgan fingerprint density at radius 1 is 1.52 bits per heavy atom. The molecule has 116 valence electrons. The lowest BCUT2D eigenvalue weighted by molar-refractivity contribution is -0.0847. The number of hydrogen-bond acceptors (Lipinski definition) is 6. The van der Waals surface area contributed by atoms with E-state index in [0.717, 1.165) is 25.7 Å². The van der Waals surface area contributed by atoms with Crippen LogP contribution in [-0.4, -0.2) is 28.0 Å². The highest BCUT2D eigenvalue weighted by Gasteiger charge is 2.40. The van der Waals surface area contributed by atoms with E-state index in [1.807, 2.05) is 13.0 Å². The van der Waals surface area contributed by atoms with E-state index in [1.54, 1.807) is 0 Å². The van der Waals surface area contributed by atoms with Crippen LogP contribution in [0.25, 0.3) is 0 Å². The minimum atomic E-state index is -0.766. The first-order chi connectivity index (χ1) is 10.1. The molecule has 1 unspecified atom stereocenters. The van der Waals surface area contributed by atoms with Crippen LogP contribution >= 0.6 is 0 Å². The predicted molar refractivity (Wildman–Crippen MR) is 75.2 cm³/mol. The number of aliphatic hydroxyl groups is 1. The van der Waals surface area contributed by atoms with Crippen molar-refractivity contribution in [3.05, 3.63) is 11.7 Å². The quantitative estimate of drug-likeness (QED) is 0.865. The molecule has 1 atom stereocenters. The molecule has 1 aromatic rings. The van der Waals surface area contributed by atoms with E-state index in [4.69, 9.17) is 14.5 Å². The summed E-state index contributed by atoms with van der Waals surface area (Å²) in [6, 6.07) is 1.93. The van der Waals surface area contributed by atoms with Crippen molar-refractivity contribution in [3.8, 4) is 6.07 Å². The zero-order chi connectivity index (χ0) is 15.3. The summed E-state index contributed by atoms with van der Waals surface area (Å²) in [7, 11) is 0. The van der Waals surface area contributed by atoms with Gasteiger partial charge in [-0.05, 0) is 38.5 Å². The molecule has 1 saturated carbocycles. The average Bonchev–Trinajstić information content (AvgIpc) is 2.91. The zero-order valence-corrected chi connectivity index (χ0v) is 12.7. The molecule has 6 nitrogen and oxygen atoms in total. The van der Waals surface area contributed by atoms with Crippen molar-refractivity contribution in [3.63, 3.8) is 0 Å². The molecule has 6 heteroatoms. The zero-order valence-electron chi connectivity index (χ0n) is 12.7. The summed E-state index contributed by atoms with van der Waals surface area (Å²) in [6.07, 6.45) is 3.45. The standard InChI is InChI=1S/C15H23N3O3/c1-3-20-15(7-4-11(2)5-8-15)14-17-13(21-18-14)10-12(19)6-9-16/h11-12,19H,3-8,10H2,1-2H3. The van der Waals surface area contributed by atoms with Gasteiger partial charge in [0.05, 0.1) is 25.0 Å². The smallest absolute Gasteiger partial charge is 0.229 e. The summed E-state index contributed by atoms with van der Waals surface area (Å²) in [4.78, 5) is 4.40. The van der Waals surface area contributed by atoms with Gasteiger partial charge in [0.15, 0.2) is 0 Å². The van der Waals surface area contributed by atoms with Gasteiger partial charge in [0.25, 0.3) is 0 Å². The summed E-state index contributed by atoms with van der Waals surface area (Å²) in [5.41, 5.74) is -0.455. The Morgan fingerprint density at radius 2 is 2.24 bits per heavy atom. The molecular formula is C15H23N3O3. The Morgan fingerprint density at radius 3 is 2.86 bits per heavy atom. The summed E-state index contributed by atoms with van der Waals surface area (Å²) >= 11 is 0. The van der Waals surface area contributed by atoms with Gasteiger partial charge >= 0.3 is 0 Å². The van der Waals surface area contributed by atoms with E-state index in [2.05, 4.69) is 17.1 Å². The first kappa shape index (κ1) is 15.9. The van der Waals surface area contributed by atoms with Crippen LogP contribution in [0.4, 0.5) is 0 Å². The fourth-order valence-electron chi connectivity index (χ4n) is 2.84. The number of hydrogen-bond donors (Lipinski definition) is 1. The van der Waals surface area contributed by atoms with Gasteiger partial charge in [0.1, 0.15) is 5.60 Å². The maximum absolute atomic E-state index is 9.64. The summed E-state index contributed by atoms with van der Waals surface area (Å²) < 4.78 is 11.2. The van der Waals surface area contributed by atoms with Crippen LogP contribution in [0.3, 0.4) is 0 Å². The van der Waals surface area contributed by atoms with Gasteiger partial charge in [0, 0.05) is 6.61 Å². The molecule has 0 aliphatic heterocycles. The molecule has 0 spiro atoms. The number of aliphatic hydroxyl groups excluding tert-OH is 1. The molecule has 1 heterocycles. The first-order valence-corrected chi connectivity index (χ1v) is 7.61. The van der Waals surface area contributed by atoms with Crippen LogP contribution in [0.2, 0.25) is 0 Å². The van der Waals surface area contributed by atoms with Gasteiger partial charge in [-0.25, -0.2) is 0 Å². The van der Waals surface area contributed by atoms with Crippen LogP contribution in [0.15, 0.2) is 4.52 Å². The SMILES string of the molecule is CCOC1(c2noc(CC(O)CC#N)n2)CCC(C)CC1. The average molecular weight is 293 g/mol. The van der Waals surface area contributed by atoms with E-state index in [0.29, 0.717) is 24.2 Å². The lowest BCUT2D eigenvalue weighted by atomic mass is 9.79. The molecule has 0 amide bonds. The Balaban J connectivity index is 2.11. The number of rotatable bonds is 6. The minimum Gasteiger partial charge on any atom is -0.392 e. The fourth-order valence-corrected chi connectivity index (χ4v) is 2.84. The second-order valence-corrected chi connectivity index (χ2v) is 5.84. The van der Waals surface area contributed by atoms with Crippen molar-refractivity contribution in [1.82, 2.24) is 10.1 Å². The van der Waals surface area contributed by atoms with Gasteiger partial charge in [-0.15, -0.1) is 0 Å². The summed E-state index contributed by atoms with van der Waals surface area (Å²) in [5.74, 6) is 1.64. The van der Waals surface area contributed by atoms with Crippen molar-refractivity contribution in [2.24, 2.45) is 5.92 Å². The van der Waals surface area contributed by atoms with E-state index < -0.39 is 11.7 Å². The highest BCUT2D eigenvalue weighted by atomic mass is 16.5. The molecule has 1 fully saturated rings. The number of aromatic nitrogens is 2. The van der Waals surface area contributed by atoms with E-state index >= 15 is 0 Å². The largest absolute Gasteiger partial charge is 0.392 e. The van der Waals surface area contributed by atoms with Crippen LogP contribution in [0.1, 0.15) is 57.7 Å². The highest BCUT2D eigenvalue weighted by Crippen LogP contribution is 2.41. The third-order valence-electron chi connectivity index (χ3n) is 4.12. The van der Waals surface area contributed by atoms with Crippen molar-refractivity contribution in [2.75, 3.05) is 6.61 Å². The molecular weight excluding hydrogens is 270 g/mol. The fraction of sp³-hybridized carbons (Fsp3) is 0.800. The lowest BCUT2D eigenvalue weighted by Gasteiger charge is -2.36. The van der Waals surface area contributed by atoms with Crippen LogP contribution in [0, 0.1) is 17.2 Å². The van der Waals surface area contributed by atoms with E-state index in [9.17, 15) is 5.11 Å². The highest BCUT2D eigenvalue weighted by molar-refractivity contribution is 5.04. The third-order valence-corrected chi connectivity index (χ3v) is 4.12. The summed E-state index contributed by atoms with van der Waals surface area (Å²) in [5, 5.41) is 22.3. The van der Waals surface area contributed by atoms with E-state index in [-0.39, 0.29) is 12.8 Å². The molecule has 1 aliphatic carbocycles. The Hall–Kier alpha value is -1.45. The molecule has 21 heavy (non-hydrogen) atoms. The Kier molecular flexibility index (Phi) is 5.32. The summed E-state index contributed by atoms with van der Waals surface area (Å²) in [6.45, 7) is 4.82. The minimum absolute atomic E-state index is 0.0613. The van der Waals surface area contributed by atoms with E-state index in [1.165, 1.54) is 0 Å². The second kappa shape index (κ2) is 7.01. The molecule has 1 N–H and O–H groups in total. The lowest BCUT2D eigenvalue weighted by Crippen LogP contribution is -2.35. The topological polar surface area (TPSA) is 92.2 Å². The van der Waals surface area contributed by atoms with Crippen molar-refractivity contribution in [2.45, 2.75) is 64.1 Å². The molecule has 0 aromatic carbocycles.